The summed E-state index contributed by atoms with van der Waals surface area (Å²) >= 11 is 3.31. The Bertz CT molecular complexity index is 710. The van der Waals surface area contributed by atoms with Crippen molar-refractivity contribution in [1.82, 2.24) is 19.1 Å². The molecule has 1 saturated heterocycles. The third-order valence-corrected chi connectivity index (χ3v) is 6.06. The van der Waals surface area contributed by atoms with E-state index in [0.717, 1.165) is 17.3 Å². The molecule has 0 spiro atoms. The average molecular weight is 371 g/mol. The van der Waals surface area contributed by atoms with Gasteiger partial charge < -0.3 is 0 Å². The Hall–Kier alpha value is -1.25. The van der Waals surface area contributed by atoms with Crippen molar-refractivity contribution in [2.24, 2.45) is 0 Å². The van der Waals surface area contributed by atoms with Crippen molar-refractivity contribution in [1.29, 1.82) is 0 Å². The van der Waals surface area contributed by atoms with Gasteiger partial charge in [-0.05, 0) is 31.0 Å². The Morgan fingerprint density at radius 3 is 2.62 bits per heavy atom. The number of sulfonamides is 1. The lowest BCUT2D eigenvalue weighted by molar-refractivity contribution is 0.260. The van der Waals surface area contributed by atoms with Gasteiger partial charge in [0, 0.05) is 17.6 Å². The highest BCUT2D eigenvalue weighted by atomic mass is 79.9. The van der Waals surface area contributed by atoms with Crippen LogP contribution in [0.2, 0.25) is 0 Å². The second kappa shape index (κ2) is 5.86. The predicted octanol–water partition coefficient (Wildman–Crippen LogP) is 2.07. The van der Waals surface area contributed by atoms with Crippen molar-refractivity contribution in [2.45, 2.75) is 23.8 Å². The first-order valence-electron chi connectivity index (χ1n) is 6.67. The summed E-state index contributed by atoms with van der Waals surface area (Å²) in [6, 6.07) is 7.04. The van der Waals surface area contributed by atoms with Crippen LogP contribution in [0.4, 0.5) is 0 Å². The molecule has 0 unspecified atom stereocenters. The maximum absolute atomic E-state index is 12.6. The van der Waals surface area contributed by atoms with Gasteiger partial charge in [0.2, 0.25) is 10.0 Å². The van der Waals surface area contributed by atoms with E-state index in [9.17, 15) is 8.42 Å². The first-order chi connectivity index (χ1) is 10.1. The van der Waals surface area contributed by atoms with Crippen LogP contribution in [0.25, 0.3) is 0 Å². The van der Waals surface area contributed by atoms with Crippen LogP contribution in [-0.4, -0.2) is 40.6 Å². The SMILES string of the molecule is O=S(=O)(c1cccc(Br)c1)N1CCC(n2cncn2)CC1. The summed E-state index contributed by atoms with van der Waals surface area (Å²) in [5.74, 6) is 0. The number of rotatable bonds is 3. The van der Waals surface area contributed by atoms with E-state index in [4.69, 9.17) is 0 Å². The molecule has 112 valence electrons. The van der Waals surface area contributed by atoms with Crippen molar-refractivity contribution < 1.29 is 8.42 Å². The zero-order valence-electron chi connectivity index (χ0n) is 11.3. The Labute approximate surface area is 132 Å². The summed E-state index contributed by atoms with van der Waals surface area (Å²) < 4.78 is 29.3. The van der Waals surface area contributed by atoms with Crippen molar-refractivity contribution >= 4 is 26.0 Å². The smallest absolute Gasteiger partial charge is 0.243 e. The Morgan fingerprint density at radius 1 is 1.24 bits per heavy atom. The van der Waals surface area contributed by atoms with Crippen LogP contribution in [0.3, 0.4) is 0 Å². The van der Waals surface area contributed by atoms with Crippen LogP contribution in [0.1, 0.15) is 18.9 Å². The number of halogens is 1. The maximum atomic E-state index is 12.6. The first-order valence-corrected chi connectivity index (χ1v) is 8.90. The molecule has 2 heterocycles. The number of aromatic nitrogens is 3. The van der Waals surface area contributed by atoms with Crippen LogP contribution in [-0.2, 0) is 10.0 Å². The number of hydrogen-bond donors (Lipinski definition) is 0. The van der Waals surface area contributed by atoms with E-state index in [1.54, 1.807) is 28.8 Å². The highest BCUT2D eigenvalue weighted by molar-refractivity contribution is 9.10. The highest BCUT2D eigenvalue weighted by Gasteiger charge is 2.30. The fourth-order valence-corrected chi connectivity index (χ4v) is 4.60. The summed E-state index contributed by atoms with van der Waals surface area (Å²) in [5, 5.41) is 4.13. The lowest BCUT2D eigenvalue weighted by Crippen LogP contribution is -2.39. The molecule has 0 saturated carbocycles. The van der Waals surface area contributed by atoms with Gasteiger partial charge in [0.15, 0.2) is 0 Å². The van der Waals surface area contributed by atoms with Crippen LogP contribution >= 0.6 is 15.9 Å². The molecule has 1 fully saturated rings. The van der Waals surface area contributed by atoms with E-state index in [-0.39, 0.29) is 6.04 Å². The minimum absolute atomic E-state index is 0.224. The average Bonchev–Trinajstić information content (AvgIpc) is 3.02. The molecule has 3 rings (SSSR count). The quantitative estimate of drug-likeness (QED) is 0.829. The molecule has 0 radical (unpaired) electrons. The molecule has 2 aromatic rings. The lowest BCUT2D eigenvalue weighted by Gasteiger charge is -2.31. The molecule has 1 aliphatic rings. The molecule has 1 aromatic carbocycles. The van der Waals surface area contributed by atoms with Gasteiger partial charge in [-0.25, -0.2) is 18.1 Å². The number of benzene rings is 1. The zero-order chi connectivity index (χ0) is 14.9. The summed E-state index contributed by atoms with van der Waals surface area (Å²) in [4.78, 5) is 4.27. The van der Waals surface area contributed by atoms with E-state index in [0.29, 0.717) is 18.0 Å². The van der Waals surface area contributed by atoms with E-state index in [1.165, 1.54) is 6.33 Å². The summed E-state index contributed by atoms with van der Waals surface area (Å²) in [7, 11) is -3.42. The van der Waals surface area contributed by atoms with Gasteiger partial charge in [0.05, 0.1) is 10.9 Å². The number of hydrogen-bond acceptors (Lipinski definition) is 4. The van der Waals surface area contributed by atoms with Crippen LogP contribution in [0, 0.1) is 0 Å². The van der Waals surface area contributed by atoms with Crippen molar-refractivity contribution in [2.75, 3.05) is 13.1 Å². The number of nitrogens with zero attached hydrogens (tertiary/aromatic N) is 4. The van der Waals surface area contributed by atoms with Gasteiger partial charge in [-0.3, -0.25) is 0 Å². The van der Waals surface area contributed by atoms with E-state index >= 15 is 0 Å². The zero-order valence-corrected chi connectivity index (χ0v) is 13.7. The van der Waals surface area contributed by atoms with Gasteiger partial charge in [0.25, 0.3) is 0 Å². The third kappa shape index (κ3) is 3.02. The Balaban J connectivity index is 1.74. The van der Waals surface area contributed by atoms with Crippen molar-refractivity contribution in [3.8, 4) is 0 Å². The van der Waals surface area contributed by atoms with Crippen LogP contribution in [0.5, 0.6) is 0 Å². The molecule has 0 aliphatic carbocycles. The molecule has 21 heavy (non-hydrogen) atoms. The maximum Gasteiger partial charge on any atom is 0.243 e. The molecular formula is C13H15BrN4O2S. The molecule has 0 atom stereocenters. The third-order valence-electron chi connectivity index (χ3n) is 3.67. The van der Waals surface area contributed by atoms with Gasteiger partial charge in [-0.15, -0.1) is 0 Å². The standard InChI is InChI=1S/C13H15BrN4O2S/c14-11-2-1-3-13(8-11)21(19,20)17-6-4-12(5-7-17)18-10-15-9-16-18/h1-3,8-10,12H,4-7H2. The molecule has 1 aliphatic heterocycles. The predicted molar refractivity (Wildman–Crippen MR) is 81.2 cm³/mol. The lowest BCUT2D eigenvalue weighted by atomic mass is 10.1. The molecular weight excluding hydrogens is 356 g/mol. The van der Waals surface area contributed by atoms with Crippen LogP contribution in [0.15, 0.2) is 46.3 Å². The highest BCUT2D eigenvalue weighted by Crippen LogP contribution is 2.27. The fourth-order valence-electron chi connectivity index (χ4n) is 2.53. The summed E-state index contributed by atoms with van der Waals surface area (Å²) in [6.07, 6.45) is 4.68. The summed E-state index contributed by atoms with van der Waals surface area (Å²) in [6.45, 7) is 0.999. The normalized spacial score (nSPS) is 18.0. The van der Waals surface area contributed by atoms with Crippen LogP contribution < -0.4 is 0 Å². The second-order valence-electron chi connectivity index (χ2n) is 4.97. The monoisotopic (exact) mass is 370 g/mol. The fraction of sp³-hybridized carbons (Fsp3) is 0.385. The second-order valence-corrected chi connectivity index (χ2v) is 7.82. The van der Waals surface area contributed by atoms with E-state index < -0.39 is 10.0 Å². The molecule has 8 heteroatoms. The number of piperidine rings is 1. The molecule has 1 aromatic heterocycles. The molecule has 0 amide bonds. The Morgan fingerprint density at radius 2 is 2.00 bits per heavy atom. The largest absolute Gasteiger partial charge is 0.250 e. The Kier molecular flexibility index (Phi) is 4.10. The van der Waals surface area contributed by atoms with Crippen molar-refractivity contribution in [3.63, 3.8) is 0 Å². The van der Waals surface area contributed by atoms with E-state index in [2.05, 4.69) is 26.0 Å². The minimum Gasteiger partial charge on any atom is -0.250 e. The van der Waals surface area contributed by atoms with Gasteiger partial charge in [-0.2, -0.15) is 9.40 Å². The minimum atomic E-state index is -3.42. The van der Waals surface area contributed by atoms with Crippen molar-refractivity contribution in [3.05, 3.63) is 41.4 Å². The summed E-state index contributed by atoms with van der Waals surface area (Å²) in [5.41, 5.74) is 0. The topological polar surface area (TPSA) is 68.1 Å². The molecule has 6 nitrogen and oxygen atoms in total. The first kappa shape index (κ1) is 14.7. The van der Waals surface area contributed by atoms with E-state index in [1.807, 2.05) is 10.7 Å². The van der Waals surface area contributed by atoms with Gasteiger partial charge in [-0.1, -0.05) is 22.0 Å². The van der Waals surface area contributed by atoms with Gasteiger partial charge in [0.1, 0.15) is 12.7 Å². The van der Waals surface area contributed by atoms with Gasteiger partial charge >= 0.3 is 0 Å². The molecule has 0 bridgehead atoms. The molecule has 0 N–H and O–H groups in total.